The van der Waals surface area contributed by atoms with Gasteiger partial charge in [-0.1, -0.05) is 95.2 Å². The highest BCUT2D eigenvalue weighted by Gasteiger charge is 2.18. The molecule has 33 heavy (non-hydrogen) atoms. The van der Waals surface area contributed by atoms with Gasteiger partial charge in [-0.05, 0) is 74.3 Å². The van der Waals surface area contributed by atoms with Crippen LogP contribution in [0.25, 0.3) is 11.4 Å². The number of nitrogens with zero attached hydrogens (tertiary/aromatic N) is 2. The molecule has 2 heteroatoms. The Hall–Kier alpha value is -1.96. The van der Waals surface area contributed by atoms with E-state index in [0.29, 0.717) is 0 Å². The van der Waals surface area contributed by atoms with Crippen LogP contribution in [0.4, 0.5) is 0 Å². The van der Waals surface area contributed by atoms with Gasteiger partial charge in [0.1, 0.15) is 0 Å². The summed E-state index contributed by atoms with van der Waals surface area (Å²) < 4.78 is 0. The lowest BCUT2D eigenvalue weighted by Crippen LogP contribution is -2.13. The van der Waals surface area contributed by atoms with Crippen molar-refractivity contribution in [3.05, 3.63) is 59.9 Å². The molecule has 1 fully saturated rings. The molecule has 0 spiro atoms. The fourth-order valence-electron chi connectivity index (χ4n) is 5.10. The van der Waals surface area contributed by atoms with Crippen LogP contribution in [-0.2, 0) is 12.8 Å². The largest absolute Gasteiger partial charge is 0.236 e. The fourth-order valence-corrected chi connectivity index (χ4v) is 5.10. The van der Waals surface area contributed by atoms with E-state index >= 15 is 0 Å². The Morgan fingerprint density at radius 3 is 2.15 bits per heavy atom. The number of aryl methyl sites for hydroxylation is 2. The van der Waals surface area contributed by atoms with Gasteiger partial charge in [-0.2, -0.15) is 0 Å². The van der Waals surface area contributed by atoms with Gasteiger partial charge in [-0.15, -0.1) is 0 Å². The molecule has 1 heterocycles. The van der Waals surface area contributed by atoms with Gasteiger partial charge in [0.15, 0.2) is 5.82 Å². The third-order valence-electron chi connectivity index (χ3n) is 7.35. The molecule has 3 rings (SSSR count). The molecule has 1 saturated carbocycles. The summed E-state index contributed by atoms with van der Waals surface area (Å²) in [5.41, 5.74) is 3.77. The molecule has 2 nitrogen and oxygen atoms in total. The van der Waals surface area contributed by atoms with Gasteiger partial charge in [0.2, 0.25) is 0 Å². The van der Waals surface area contributed by atoms with E-state index < -0.39 is 0 Å². The first kappa shape index (κ1) is 25.7. The van der Waals surface area contributed by atoms with E-state index in [4.69, 9.17) is 0 Å². The van der Waals surface area contributed by atoms with Gasteiger partial charge < -0.3 is 0 Å². The fraction of sp³-hybridized carbons (Fsp3) is 0.613. The van der Waals surface area contributed by atoms with Crippen molar-refractivity contribution in [3.63, 3.8) is 0 Å². The molecule has 0 atom stereocenters. The van der Waals surface area contributed by atoms with Crippen molar-refractivity contribution in [2.75, 3.05) is 0 Å². The Kier molecular flexibility index (Phi) is 11.7. The maximum Gasteiger partial charge on any atom is 0.159 e. The predicted molar refractivity (Wildman–Crippen MR) is 142 cm³/mol. The van der Waals surface area contributed by atoms with Gasteiger partial charge in [0.25, 0.3) is 0 Å². The minimum atomic E-state index is 0.821. The van der Waals surface area contributed by atoms with Crippen LogP contribution < -0.4 is 0 Å². The Morgan fingerprint density at radius 1 is 0.758 bits per heavy atom. The van der Waals surface area contributed by atoms with Crippen LogP contribution in [-0.4, -0.2) is 9.97 Å². The van der Waals surface area contributed by atoms with E-state index in [1.807, 2.05) is 12.4 Å². The van der Waals surface area contributed by atoms with Crippen LogP contribution >= 0.6 is 0 Å². The van der Waals surface area contributed by atoms with Gasteiger partial charge in [-0.3, -0.25) is 0 Å². The molecule has 0 radical (unpaired) electrons. The summed E-state index contributed by atoms with van der Waals surface area (Å²) >= 11 is 0. The first-order valence-corrected chi connectivity index (χ1v) is 13.8. The number of rotatable bonds is 14. The summed E-state index contributed by atoms with van der Waals surface area (Å²) in [5.74, 6) is 2.66. The number of hydrogen-bond donors (Lipinski definition) is 0. The number of unbranched alkanes of at least 4 members (excludes halogenated alkanes) is 5. The van der Waals surface area contributed by atoms with Gasteiger partial charge >= 0.3 is 0 Å². The van der Waals surface area contributed by atoms with Crippen LogP contribution in [0, 0.1) is 11.8 Å². The SMILES string of the molecule is CCCCCCc1cnc(-c2ccc(CC/C=C/[C@H]3CC[C@H](CCCCC)CC3)cc2)nc1. The zero-order valence-corrected chi connectivity index (χ0v) is 21.3. The van der Waals surface area contributed by atoms with Crippen LogP contribution in [0.2, 0.25) is 0 Å². The Labute approximate surface area is 203 Å². The molecule has 180 valence electrons. The molecular formula is C31H46N2. The molecule has 0 saturated heterocycles. The van der Waals surface area contributed by atoms with Crippen molar-refractivity contribution >= 4 is 0 Å². The molecule has 0 bridgehead atoms. The average Bonchev–Trinajstić information content (AvgIpc) is 2.86. The molecule has 1 aliphatic carbocycles. The second-order valence-corrected chi connectivity index (χ2v) is 10.2. The maximum absolute atomic E-state index is 4.61. The van der Waals surface area contributed by atoms with E-state index in [2.05, 4.69) is 60.2 Å². The third kappa shape index (κ3) is 9.43. The lowest BCUT2D eigenvalue weighted by Gasteiger charge is -2.26. The topological polar surface area (TPSA) is 25.8 Å². The minimum absolute atomic E-state index is 0.821. The third-order valence-corrected chi connectivity index (χ3v) is 7.35. The highest BCUT2D eigenvalue weighted by molar-refractivity contribution is 5.55. The standard InChI is InChI=1S/C31H46N2/c1-3-5-7-9-15-29-24-32-31(33-25-29)30-22-20-28(21-23-30)14-11-10-13-27-18-16-26(17-19-27)12-8-6-4-2/h10,13,20-27H,3-9,11-12,14-19H2,1-2H3/b13-10+/t26-,27-. The Bertz CT molecular complexity index is 783. The number of benzene rings is 1. The van der Waals surface area contributed by atoms with Crippen molar-refractivity contribution in [1.29, 1.82) is 0 Å². The monoisotopic (exact) mass is 446 g/mol. The zero-order valence-electron chi connectivity index (χ0n) is 21.3. The second kappa shape index (κ2) is 15.0. The van der Waals surface area contributed by atoms with Crippen LogP contribution in [0.3, 0.4) is 0 Å². The van der Waals surface area contributed by atoms with Crippen molar-refractivity contribution in [2.45, 2.75) is 110 Å². The van der Waals surface area contributed by atoms with Gasteiger partial charge in [0, 0.05) is 18.0 Å². The number of allylic oxidation sites excluding steroid dienone is 2. The van der Waals surface area contributed by atoms with E-state index in [1.165, 1.54) is 88.2 Å². The lowest BCUT2D eigenvalue weighted by atomic mass is 9.79. The molecule has 1 aromatic carbocycles. The highest BCUT2D eigenvalue weighted by atomic mass is 14.9. The predicted octanol–water partition coefficient (Wildman–Crippen LogP) is 9.14. The normalized spacial score (nSPS) is 18.7. The molecule has 0 unspecified atom stereocenters. The molecule has 1 aliphatic rings. The molecule has 2 aromatic rings. The van der Waals surface area contributed by atoms with Gasteiger partial charge in [-0.25, -0.2) is 9.97 Å². The van der Waals surface area contributed by atoms with Crippen LogP contribution in [0.15, 0.2) is 48.8 Å². The number of hydrogen-bond acceptors (Lipinski definition) is 2. The van der Waals surface area contributed by atoms with E-state index in [-0.39, 0.29) is 0 Å². The molecular weight excluding hydrogens is 400 g/mol. The Balaban J connectivity index is 1.36. The quantitative estimate of drug-likeness (QED) is 0.213. The first-order chi connectivity index (χ1) is 16.3. The lowest BCUT2D eigenvalue weighted by molar-refractivity contribution is 0.289. The highest BCUT2D eigenvalue weighted by Crippen LogP contribution is 2.32. The molecule has 1 aromatic heterocycles. The summed E-state index contributed by atoms with van der Waals surface area (Å²) in [4.78, 5) is 9.22. The van der Waals surface area contributed by atoms with Crippen molar-refractivity contribution < 1.29 is 0 Å². The first-order valence-electron chi connectivity index (χ1n) is 13.8. The van der Waals surface area contributed by atoms with E-state index in [9.17, 15) is 0 Å². The molecule has 0 N–H and O–H groups in total. The minimum Gasteiger partial charge on any atom is -0.236 e. The summed E-state index contributed by atoms with van der Waals surface area (Å²) in [6.45, 7) is 4.56. The van der Waals surface area contributed by atoms with Crippen molar-refractivity contribution in [3.8, 4) is 11.4 Å². The zero-order chi connectivity index (χ0) is 23.1. The van der Waals surface area contributed by atoms with Crippen molar-refractivity contribution in [1.82, 2.24) is 9.97 Å². The Morgan fingerprint density at radius 2 is 1.45 bits per heavy atom. The average molecular weight is 447 g/mol. The second-order valence-electron chi connectivity index (χ2n) is 10.2. The molecule has 0 aliphatic heterocycles. The summed E-state index contributed by atoms with van der Waals surface area (Å²) in [6, 6.07) is 8.84. The number of aromatic nitrogens is 2. The summed E-state index contributed by atoms with van der Waals surface area (Å²) in [7, 11) is 0. The smallest absolute Gasteiger partial charge is 0.159 e. The summed E-state index contributed by atoms with van der Waals surface area (Å²) in [5, 5.41) is 0. The van der Waals surface area contributed by atoms with Crippen LogP contribution in [0.5, 0.6) is 0 Å². The van der Waals surface area contributed by atoms with Crippen molar-refractivity contribution in [2.24, 2.45) is 11.8 Å². The summed E-state index contributed by atoms with van der Waals surface area (Å²) in [6.07, 6.45) is 28.8. The van der Waals surface area contributed by atoms with Gasteiger partial charge in [0.05, 0.1) is 0 Å². The van der Waals surface area contributed by atoms with E-state index in [0.717, 1.165) is 42.5 Å². The maximum atomic E-state index is 4.61. The van der Waals surface area contributed by atoms with Crippen LogP contribution in [0.1, 0.15) is 108 Å². The van der Waals surface area contributed by atoms with E-state index in [1.54, 1.807) is 0 Å². The molecule has 0 amide bonds.